The van der Waals surface area contributed by atoms with Crippen LogP contribution in [-0.2, 0) is 10.0 Å². The van der Waals surface area contributed by atoms with Crippen molar-refractivity contribution in [2.45, 2.75) is 36.2 Å². The first-order chi connectivity index (χ1) is 10.1. The van der Waals surface area contributed by atoms with Crippen LogP contribution in [0.4, 0.5) is 0 Å². The number of nitrogens with zero attached hydrogens (tertiary/aromatic N) is 3. The zero-order valence-electron chi connectivity index (χ0n) is 11.4. The van der Waals surface area contributed by atoms with E-state index in [1.807, 2.05) is 0 Å². The molecule has 2 fully saturated rings. The molecule has 21 heavy (non-hydrogen) atoms. The van der Waals surface area contributed by atoms with Crippen LogP contribution >= 0.6 is 11.7 Å². The van der Waals surface area contributed by atoms with Crippen LogP contribution in [0, 0.1) is 0 Å². The third-order valence-corrected chi connectivity index (χ3v) is 6.79. The van der Waals surface area contributed by atoms with Gasteiger partial charge in [-0.3, -0.25) is 0 Å². The molecule has 8 heteroatoms. The summed E-state index contributed by atoms with van der Waals surface area (Å²) in [4.78, 5) is 0.284. The molecule has 6 nitrogen and oxygen atoms in total. The Kier molecular flexibility index (Phi) is 3.21. The number of sulfonamides is 1. The predicted molar refractivity (Wildman–Crippen MR) is 80.7 cm³/mol. The molecule has 2 atom stereocenters. The molecule has 2 aliphatic heterocycles. The van der Waals surface area contributed by atoms with Gasteiger partial charge in [-0.25, -0.2) is 8.42 Å². The third-order valence-electron chi connectivity index (χ3n) is 4.35. The van der Waals surface area contributed by atoms with Gasteiger partial charge >= 0.3 is 0 Å². The van der Waals surface area contributed by atoms with Crippen molar-refractivity contribution in [1.29, 1.82) is 0 Å². The molecule has 1 N–H and O–H groups in total. The Labute approximate surface area is 127 Å². The maximum absolute atomic E-state index is 13.0. The van der Waals surface area contributed by atoms with Crippen molar-refractivity contribution in [3.8, 4) is 0 Å². The first kappa shape index (κ1) is 13.6. The molecule has 2 unspecified atom stereocenters. The molecule has 112 valence electrons. The first-order valence-electron chi connectivity index (χ1n) is 7.12. The van der Waals surface area contributed by atoms with E-state index in [1.54, 1.807) is 22.5 Å². The summed E-state index contributed by atoms with van der Waals surface area (Å²) in [6.07, 6.45) is 3.09. The highest BCUT2D eigenvalue weighted by atomic mass is 32.2. The van der Waals surface area contributed by atoms with E-state index in [0.717, 1.165) is 31.0 Å². The molecular weight excluding hydrogens is 308 g/mol. The van der Waals surface area contributed by atoms with Crippen LogP contribution in [-0.4, -0.2) is 46.6 Å². The molecule has 0 amide bonds. The Morgan fingerprint density at radius 3 is 2.95 bits per heavy atom. The van der Waals surface area contributed by atoms with Crippen molar-refractivity contribution < 1.29 is 8.42 Å². The van der Waals surface area contributed by atoms with Crippen molar-refractivity contribution in [1.82, 2.24) is 18.4 Å². The lowest BCUT2D eigenvalue weighted by atomic mass is 10.1. The minimum Gasteiger partial charge on any atom is -0.310 e. The molecule has 1 aromatic carbocycles. The minimum atomic E-state index is -3.51. The van der Waals surface area contributed by atoms with Crippen molar-refractivity contribution in [2.24, 2.45) is 0 Å². The van der Waals surface area contributed by atoms with E-state index in [-0.39, 0.29) is 10.9 Å². The molecule has 0 radical (unpaired) electrons. The van der Waals surface area contributed by atoms with Crippen LogP contribution in [0.15, 0.2) is 23.1 Å². The number of fused-ring (bicyclic) bond motifs is 3. The van der Waals surface area contributed by atoms with Crippen LogP contribution in [0.1, 0.15) is 19.3 Å². The highest BCUT2D eigenvalue weighted by Crippen LogP contribution is 2.28. The van der Waals surface area contributed by atoms with Crippen LogP contribution in [0.3, 0.4) is 0 Å². The Hall–Kier alpha value is -1.09. The van der Waals surface area contributed by atoms with Gasteiger partial charge in [0.15, 0.2) is 0 Å². The Morgan fingerprint density at radius 2 is 2.05 bits per heavy atom. The SMILES string of the molecule is O=S(=O)(c1cccc2nsnc12)N1CCC2CCC(C1)N2. The average Bonchev–Trinajstić information content (AvgIpc) is 3.04. The van der Waals surface area contributed by atoms with Crippen molar-refractivity contribution >= 4 is 32.8 Å². The smallest absolute Gasteiger partial charge is 0.245 e. The lowest BCUT2D eigenvalue weighted by Crippen LogP contribution is -2.39. The van der Waals surface area contributed by atoms with Gasteiger partial charge in [0, 0.05) is 25.2 Å². The molecule has 2 bridgehead atoms. The van der Waals surface area contributed by atoms with E-state index in [9.17, 15) is 8.42 Å². The highest BCUT2D eigenvalue weighted by molar-refractivity contribution is 7.89. The number of nitrogens with one attached hydrogen (secondary N) is 1. The van der Waals surface area contributed by atoms with Crippen LogP contribution in [0.5, 0.6) is 0 Å². The van der Waals surface area contributed by atoms with Gasteiger partial charge in [0.25, 0.3) is 0 Å². The summed E-state index contributed by atoms with van der Waals surface area (Å²) in [5, 5.41) is 3.51. The predicted octanol–water partition coefficient (Wildman–Crippen LogP) is 1.21. The fraction of sp³-hybridized carbons (Fsp3) is 0.538. The van der Waals surface area contributed by atoms with Crippen LogP contribution in [0.25, 0.3) is 11.0 Å². The first-order valence-corrected chi connectivity index (χ1v) is 9.29. The summed E-state index contributed by atoms with van der Waals surface area (Å²) in [5.74, 6) is 0. The zero-order valence-corrected chi connectivity index (χ0v) is 13.0. The maximum Gasteiger partial charge on any atom is 0.245 e. The normalized spacial score (nSPS) is 27.0. The summed E-state index contributed by atoms with van der Waals surface area (Å²) in [6.45, 7) is 1.12. The molecule has 2 saturated heterocycles. The quantitative estimate of drug-likeness (QED) is 0.898. The summed E-state index contributed by atoms with van der Waals surface area (Å²) in [6, 6.07) is 5.91. The fourth-order valence-electron chi connectivity index (χ4n) is 3.26. The lowest BCUT2D eigenvalue weighted by molar-refractivity contribution is 0.384. The highest BCUT2D eigenvalue weighted by Gasteiger charge is 2.35. The van der Waals surface area contributed by atoms with E-state index in [2.05, 4.69) is 14.1 Å². The standard InChI is InChI=1S/C13H16N4O2S2/c18-21(19,12-3-1-2-11-13(12)16-20-15-11)17-7-6-9-4-5-10(8-17)14-9/h1-3,9-10,14H,4-8H2. The third kappa shape index (κ3) is 2.26. The maximum atomic E-state index is 13.0. The minimum absolute atomic E-state index is 0.278. The second kappa shape index (κ2) is 4.98. The van der Waals surface area contributed by atoms with Gasteiger partial charge in [0.05, 0.1) is 11.7 Å². The molecule has 0 aliphatic carbocycles. The summed E-state index contributed by atoms with van der Waals surface area (Å²) < 4.78 is 35.8. The van der Waals surface area contributed by atoms with Gasteiger partial charge in [0.1, 0.15) is 15.9 Å². The van der Waals surface area contributed by atoms with E-state index in [4.69, 9.17) is 0 Å². The lowest BCUT2D eigenvalue weighted by Gasteiger charge is -2.23. The Bertz CT molecular complexity index is 773. The zero-order chi connectivity index (χ0) is 14.4. The monoisotopic (exact) mass is 324 g/mol. The summed E-state index contributed by atoms with van der Waals surface area (Å²) in [7, 11) is -3.51. The molecule has 4 rings (SSSR count). The molecule has 1 aromatic heterocycles. The Balaban J connectivity index is 1.74. The fourth-order valence-corrected chi connectivity index (χ4v) is 5.51. The summed E-state index contributed by atoms with van der Waals surface area (Å²) in [5.41, 5.74) is 1.14. The van der Waals surface area contributed by atoms with E-state index < -0.39 is 10.0 Å². The van der Waals surface area contributed by atoms with Crippen molar-refractivity contribution in [2.75, 3.05) is 13.1 Å². The molecule has 0 spiro atoms. The van der Waals surface area contributed by atoms with Crippen LogP contribution in [0.2, 0.25) is 0 Å². The van der Waals surface area contributed by atoms with Gasteiger partial charge < -0.3 is 5.32 Å². The van der Waals surface area contributed by atoms with E-state index in [1.165, 1.54) is 0 Å². The van der Waals surface area contributed by atoms with Crippen molar-refractivity contribution in [3.63, 3.8) is 0 Å². The number of benzene rings is 1. The van der Waals surface area contributed by atoms with Crippen molar-refractivity contribution in [3.05, 3.63) is 18.2 Å². The van der Waals surface area contributed by atoms with Crippen LogP contribution < -0.4 is 5.32 Å². The Morgan fingerprint density at radius 1 is 1.19 bits per heavy atom. The van der Waals surface area contributed by atoms with Gasteiger partial charge in [-0.15, -0.1) is 0 Å². The molecule has 2 aliphatic rings. The van der Waals surface area contributed by atoms with Gasteiger partial charge in [-0.2, -0.15) is 13.1 Å². The number of rotatable bonds is 2. The van der Waals surface area contributed by atoms with Gasteiger partial charge in [-0.1, -0.05) is 6.07 Å². The molecule has 2 aromatic rings. The summed E-state index contributed by atoms with van der Waals surface area (Å²) >= 11 is 1.05. The second-order valence-electron chi connectivity index (χ2n) is 5.68. The topological polar surface area (TPSA) is 75.2 Å². The van der Waals surface area contributed by atoms with Gasteiger partial charge in [-0.05, 0) is 31.4 Å². The number of hydrogen-bond donors (Lipinski definition) is 1. The molecular formula is C13H16N4O2S2. The largest absolute Gasteiger partial charge is 0.310 e. The van der Waals surface area contributed by atoms with Gasteiger partial charge in [0.2, 0.25) is 10.0 Å². The van der Waals surface area contributed by atoms with E-state index in [0.29, 0.717) is 30.2 Å². The number of hydrogen-bond acceptors (Lipinski definition) is 6. The van der Waals surface area contributed by atoms with E-state index >= 15 is 0 Å². The second-order valence-corrected chi connectivity index (χ2v) is 8.11. The molecule has 3 heterocycles. The average molecular weight is 324 g/mol. The molecule has 0 saturated carbocycles. The number of aromatic nitrogens is 2.